The average Bonchev–Trinajstić information content (AvgIpc) is 2.60. The molecule has 0 aromatic heterocycles. The van der Waals surface area contributed by atoms with Gasteiger partial charge in [0.1, 0.15) is 13.1 Å². The highest BCUT2D eigenvalue weighted by atomic mass is 31.2. The number of nitrogens with zero attached hydrogens (tertiary/aromatic N) is 2. The largest absolute Gasteiger partial charge is 0.313 e. The molecule has 3 nitrogen and oxygen atoms in total. The van der Waals surface area contributed by atoms with E-state index in [-0.39, 0.29) is 5.92 Å². The van der Waals surface area contributed by atoms with Gasteiger partial charge in [0.2, 0.25) is 0 Å². The van der Waals surface area contributed by atoms with Crippen LogP contribution in [0.5, 0.6) is 0 Å². The first-order valence-electron chi connectivity index (χ1n) is 7.56. The average molecular weight is 322 g/mol. The summed E-state index contributed by atoms with van der Waals surface area (Å²) >= 11 is 0. The molecule has 1 atom stereocenters. The molecule has 0 heterocycles. The molecule has 0 bridgehead atoms. The van der Waals surface area contributed by atoms with Gasteiger partial charge in [-0.25, -0.2) is 0 Å². The van der Waals surface area contributed by atoms with Gasteiger partial charge < -0.3 is 4.57 Å². The van der Waals surface area contributed by atoms with E-state index in [9.17, 15) is 15.1 Å². The lowest BCUT2D eigenvalue weighted by atomic mass is 9.99. The molecule has 0 saturated carbocycles. The van der Waals surface area contributed by atoms with Crippen molar-refractivity contribution in [3.8, 4) is 12.1 Å². The summed E-state index contributed by atoms with van der Waals surface area (Å²) in [5, 5.41) is 20.2. The van der Waals surface area contributed by atoms with E-state index < -0.39 is 18.7 Å². The van der Waals surface area contributed by atoms with Crippen molar-refractivity contribution in [1.29, 1.82) is 10.5 Å². The van der Waals surface area contributed by atoms with Crippen molar-refractivity contribution in [3.05, 3.63) is 60.7 Å². The third kappa shape index (κ3) is 3.21. The fourth-order valence-corrected chi connectivity index (χ4v) is 6.60. The fourth-order valence-electron chi connectivity index (χ4n) is 2.99. The van der Waals surface area contributed by atoms with Crippen LogP contribution in [0.3, 0.4) is 0 Å². The Labute approximate surface area is 137 Å². The Balaban J connectivity index is 2.75. The number of nitriles is 2. The predicted molar refractivity (Wildman–Crippen MR) is 93.1 cm³/mol. The Kier molecular flexibility index (Phi) is 5.38. The Morgan fingerprint density at radius 1 is 0.826 bits per heavy atom. The molecule has 0 fully saturated rings. The van der Waals surface area contributed by atoms with Gasteiger partial charge in [-0.3, -0.25) is 0 Å². The quantitative estimate of drug-likeness (QED) is 0.789. The number of rotatable bonds is 5. The molecular formula is C19H19N2OP. The zero-order valence-electron chi connectivity index (χ0n) is 13.3. The number of hydrogen-bond donors (Lipinski definition) is 0. The van der Waals surface area contributed by atoms with Gasteiger partial charge in [0.25, 0.3) is 0 Å². The summed E-state index contributed by atoms with van der Waals surface area (Å²) in [6, 6.07) is 22.5. The molecule has 2 rings (SSSR count). The second-order valence-corrected chi connectivity index (χ2v) is 8.74. The van der Waals surface area contributed by atoms with Crippen LogP contribution < -0.4 is 10.6 Å². The summed E-state index contributed by atoms with van der Waals surface area (Å²) in [4.78, 5) is 0. The Bertz CT molecular complexity index is 715. The number of benzene rings is 2. The first-order valence-corrected chi connectivity index (χ1v) is 9.33. The minimum Gasteiger partial charge on any atom is -0.313 e. The minimum atomic E-state index is -3.12. The van der Waals surface area contributed by atoms with Gasteiger partial charge in [0, 0.05) is 10.6 Å². The molecule has 1 unspecified atom stereocenters. The van der Waals surface area contributed by atoms with Gasteiger partial charge in [-0.1, -0.05) is 74.5 Å². The van der Waals surface area contributed by atoms with Crippen LogP contribution in [0.4, 0.5) is 0 Å². The van der Waals surface area contributed by atoms with Crippen molar-refractivity contribution < 1.29 is 4.57 Å². The van der Waals surface area contributed by atoms with Gasteiger partial charge in [0.05, 0.1) is 17.8 Å². The van der Waals surface area contributed by atoms with Crippen LogP contribution >= 0.6 is 7.14 Å². The van der Waals surface area contributed by atoms with Crippen LogP contribution in [0.2, 0.25) is 0 Å². The topological polar surface area (TPSA) is 64.7 Å². The second kappa shape index (κ2) is 7.28. The second-order valence-electron chi connectivity index (χ2n) is 5.80. The highest BCUT2D eigenvalue weighted by Gasteiger charge is 2.43. The molecule has 0 N–H and O–H groups in total. The SMILES string of the molecule is CC(C)C(C(C#N)C#N)P(=O)(c1ccccc1)c1ccccc1. The van der Waals surface area contributed by atoms with Crippen molar-refractivity contribution in [2.45, 2.75) is 19.5 Å². The van der Waals surface area contributed by atoms with Crippen LogP contribution in [0, 0.1) is 34.5 Å². The predicted octanol–water partition coefficient (Wildman–Crippen LogP) is 3.69. The normalized spacial score (nSPS) is 12.6. The third-order valence-electron chi connectivity index (χ3n) is 4.00. The van der Waals surface area contributed by atoms with E-state index in [1.807, 2.05) is 86.6 Å². The van der Waals surface area contributed by atoms with Gasteiger partial charge in [-0.05, 0) is 5.92 Å². The summed E-state index contributed by atoms with van der Waals surface area (Å²) in [6.45, 7) is 3.84. The summed E-state index contributed by atoms with van der Waals surface area (Å²) in [6.07, 6.45) is 0. The van der Waals surface area contributed by atoms with Crippen molar-refractivity contribution in [2.75, 3.05) is 0 Å². The standard InChI is InChI=1S/C19H19N2OP/c1-15(2)19(16(13-20)14-21)23(22,17-9-5-3-6-10-17)18-11-7-4-8-12-18/h3-12,15-16,19H,1-2H3. The molecule has 0 aliphatic rings. The number of hydrogen-bond acceptors (Lipinski definition) is 3. The van der Waals surface area contributed by atoms with E-state index in [1.165, 1.54) is 0 Å². The Morgan fingerprint density at radius 3 is 1.52 bits per heavy atom. The molecule has 2 aromatic rings. The van der Waals surface area contributed by atoms with Gasteiger partial charge in [-0.2, -0.15) is 10.5 Å². The van der Waals surface area contributed by atoms with Crippen LogP contribution in [-0.4, -0.2) is 5.66 Å². The van der Waals surface area contributed by atoms with E-state index in [0.29, 0.717) is 10.6 Å². The smallest absolute Gasteiger partial charge is 0.148 e. The maximum atomic E-state index is 14.2. The van der Waals surface area contributed by atoms with Gasteiger partial charge >= 0.3 is 0 Å². The zero-order chi connectivity index (χ0) is 16.9. The molecule has 23 heavy (non-hydrogen) atoms. The summed E-state index contributed by atoms with van der Waals surface area (Å²) < 4.78 is 14.2. The summed E-state index contributed by atoms with van der Waals surface area (Å²) in [5.41, 5.74) is -0.540. The molecule has 116 valence electrons. The van der Waals surface area contributed by atoms with E-state index >= 15 is 0 Å². The molecule has 0 aliphatic heterocycles. The van der Waals surface area contributed by atoms with Crippen LogP contribution in [-0.2, 0) is 4.57 Å². The molecule has 0 saturated heterocycles. The van der Waals surface area contributed by atoms with Crippen molar-refractivity contribution >= 4 is 17.8 Å². The highest BCUT2D eigenvalue weighted by Crippen LogP contribution is 2.54. The van der Waals surface area contributed by atoms with Crippen molar-refractivity contribution in [3.63, 3.8) is 0 Å². The van der Waals surface area contributed by atoms with E-state index in [0.717, 1.165) is 0 Å². The lowest BCUT2D eigenvalue weighted by molar-refractivity contribution is 0.512. The molecule has 0 amide bonds. The van der Waals surface area contributed by atoms with Gasteiger partial charge in [0.15, 0.2) is 0 Å². The van der Waals surface area contributed by atoms with Crippen LogP contribution in [0.15, 0.2) is 60.7 Å². The van der Waals surface area contributed by atoms with Crippen molar-refractivity contribution in [1.82, 2.24) is 0 Å². The lowest BCUT2D eigenvalue weighted by Crippen LogP contribution is -2.34. The zero-order valence-corrected chi connectivity index (χ0v) is 14.1. The molecule has 0 aliphatic carbocycles. The Hall–Kier alpha value is -2.35. The van der Waals surface area contributed by atoms with Crippen LogP contribution in [0.25, 0.3) is 0 Å². The summed E-state index contributed by atoms with van der Waals surface area (Å²) in [7, 11) is -3.12. The van der Waals surface area contributed by atoms with E-state index in [2.05, 4.69) is 0 Å². The van der Waals surface area contributed by atoms with Crippen LogP contribution in [0.1, 0.15) is 13.8 Å². The maximum Gasteiger partial charge on any atom is 0.148 e. The maximum absolute atomic E-state index is 14.2. The first-order chi connectivity index (χ1) is 11.1. The molecule has 4 heteroatoms. The van der Waals surface area contributed by atoms with Gasteiger partial charge in [-0.15, -0.1) is 0 Å². The lowest BCUT2D eigenvalue weighted by Gasteiger charge is -2.32. The monoisotopic (exact) mass is 322 g/mol. The van der Waals surface area contributed by atoms with Crippen molar-refractivity contribution in [2.24, 2.45) is 11.8 Å². The third-order valence-corrected chi connectivity index (χ3v) is 7.87. The molecule has 0 spiro atoms. The minimum absolute atomic E-state index is 0.0643. The van der Waals surface area contributed by atoms with E-state index in [4.69, 9.17) is 0 Å². The molecule has 0 radical (unpaired) electrons. The van der Waals surface area contributed by atoms with E-state index in [1.54, 1.807) is 0 Å². The first kappa shape index (κ1) is 17.0. The highest BCUT2D eigenvalue weighted by molar-refractivity contribution is 7.79. The molecule has 2 aromatic carbocycles. The fraction of sp³-hybridized carbons (Fsp3) is 0.263. The molecular weight excluding hydrogens is 303 g/mol. The summed E-state index contributed by atoms with van der Waals surface area (Å²) in [5.74, 6) is -0.980. The Morgan fingerprint density at radius 2 is 1.22 bits per heavy atom.